The Bertz CT molecular complexity index is 1710. The molecule has 0 fully saturated rings. The Morgan fingerprint density at radius 1 is 1.19 bits per heavy atom. The van der Waals surface area contributed by atoms with Gasteiger partial charge in [0.05, 0.1) is 29.5 Å². The second kappa shape index (κ2) is 10.7. The fraction of sp³-hybridized carbons (Fsp3) is 0.250. The zero-order valence-electron chi connectivity index (χ0n) is 20.6. The van der Waals surface area contributed by atoms with Crippen LogP contribution in [0.15, 0.2) is 74.0 Å². The van der Waals surface area contributed by atoms with Gasteiger partial charge in [0.2, 0.25) is 0 Å². The van der Waals surface area contributed by atoms with Crippen LogP contribution in [0.5, 0.6) is 5.75 Å². The number of fused-ring (bicyclic) bond motifs is 2. The molecule has 1 aliphatic heterocycles. The quantitative estimate of drug-likeness (QED) is 0.214. The number of allylic oxidation sites excluding steroid dienone is 1. The first-order valence-corrected chi connectivity index (χ1v) is 13.9. The third-order valence-electron chi connectivity index (χ3n) is 6.18. The number of hydrogen-bond donors (Lipinski definition) is 0. The van der Waals surface area contributed by atoms with E-state index in [1.54, 1.807) is 24.7 Å². The second-order valence-corrected chi connectivity index (χ2v) is 10.5. The number of rotatable bonds is 7. The van der Waals surface area contributed by atoms with Gasteiger partial charge in [0.1, 0.15) is 17.6 Å². The van der Waals surface area contributed by atoms with Crippen LogP contribution >= 0.6 is 33.9 Å². The topological polar surface area (TPSA) is 83.0 Å². The number of thiazole rings is 1. The molecule has 7 nitrogen and oxygen atoms in total. The van der Waals surface area contributed by atoms with E-state index in [4.69, 9.17) is 18.9 Å². The number of halogens is 1. The number of carbonyl (C=O) groups is 1. The van der Waals surface area contributed by atoms with E-state index in [9.17, 15) is 9.59 Å². The number of carbonyl (C=O) groups excluding carboxylic acids is 1. The fourth-order valence-corrected chi connectivity index (χ4v) is 6.10. The van der Waals surface area contributed by atoms with Gasteiger partial charge in [-0.15, -0.1) is 0 Å². The van der Waals surface area contributed by atoms with E-state index >= 15 is 0 Å². The Labute approximate surface area is 230 Å². The maximum atomic E-state index is 14.0. The minimum absolute atomic E-state index is 0.211. The lowest BCUT2D eigenvalue weighted by molar-refractivity contribution is -0.139. The molecular formula is C28H25IN2O5S. The summed E-state index contributed by atoms with van der Waals surface area (Å²) in [4.78, 5) is 32.8. The molecule has 4 aromatic rings. The van der Waals surface area contributed by atoms with E-state index in [1.807, 2.05) is 55.5 Å². The third-order valence-corrected chi connectivity index (χ3v) is 7.75. The van der Waals surface area contributed by atoms with Crippen molar-refractivity contribution < 1.29 is 18.7 Å². The van der Waals surface area contributed by atoms with Crippen LogP contribution < -0.4 is 19.6 Å². The largest absolute Gasteiger partial charge is 0.496 e. The SMILES string of the molecule is CCCC1=C(C(=O)OCC)C(c2c(OC)ccc3ccccc23)n2c(s/c(=C/c3ccc(I)o3)c2=O)=N1. The molecular weight excluding hydrogens is 603 g/mol. The summed E-state index contributed by atoms with van der Waals surface area (Å²) in [5, 5.41) is 1.87. The number of benzene rings is 2. The summed E-state index contributed by atoms with van der Waals surface area (Å²) in [5.41, 5.74) is 1.46. The van der Waals surface area contributed by atoms with Crippen molar-refractivity contribution in [3.05, 3.63) is 94.6 Å². The minimum Gasteiger partial charge on any atom is -0.496 e. The van der Waals surface area contributed by atoms with Crippen LogP contribution in [-0.4, -0.2) is 24.3 Å². The van der Waals surface area contributed by atoms with Gasteiger partial charge in [0.15, 0.2) is 8.57 Å². The number of hydrogen-bond acceptors (Lipinski definition) is 7. The zero-order valence-corrected chi connectivity index (χ0v) is 23.6. The van der Waals surface area contributed by atoms with Crippen LogP contribution in [0.4, 0.5) is 0 Å². The van der Waals surface area contributed by atoms with E-state index in [0.717, 1.165) is 26.5 Å². The molecule has 0 amide bonds. The molecule has 0 spiro atoms. The van der Waals surface area contributed by atoms with Crippen LogP contribution in [0, 0.1) is 3.77 Å². The summed E-state index contributed by atoms with van der Waals surface area (Å²) in [6.45, 7) is 4.01. The first kappa shape index (κ1) is 25.5. The predicted molar refractivity (Wildman–Crippen MR) is 152 cm³/mol. The Balaban J connectivity index is 1.89. The molecule has 3 heterocycles. The Hall–Kier alpha value is -3.18. The molecule has 1 aliphatic rings. The lowest BCUT2D eigenvalue weighted by atomic mass is 9.90. The van der Waals surface area contributed by atoms with Crippen molar-refractivity contribution in [3.8, 4) is 5.75 Å². The number of esters is 1. The van der Waals surface area contributed by atoms with Crippen molar-refractivity contribution in [2.24, 2.45) is 4.99 Å². The monoisotopic (exact) mass is 628 g/mol. The highest BCUT2D eigenvalue weighted by Gasteiger charge is 2.37. The van der Waals surface area contributed by atoms with Crippen molar-refractivity contribution in [2.45, 2.75) is 32.7 Å². The zero-order chi connectivity index (χ0) is 26.1. The summed E-state index contributed by atoms with van der Waals surface area (Å²) in [6.07, 6.45) is 3.07. The highest BCUT2D eigenvalue weighted by molar-refractivity contribution is 14.1. The van der Waals surface area contributed by atoms with E-state index in [0.29, 0.717) is 38.5 Å². The molecule has 1 atom stereocenters. The highest BCUT2D eigenvalue weighted by Crippen LogP contribution is 2.41. The summed E-state index contributed by atoms with van der Waals surface area (Å²) in [7, 11) is 1.59. The molecule has 2 aromatic carbocycles. The van der Waals surface area contributed by atoms with Crippen molar-refractivity contribution in [2.75, 3.05) is 13.7 Å². The van der Waals surface area contributed by atoms with E-state index in [1.165, 1.54) is 11.3 Å². The average Bonchev–Trinajstić information content (AvgIpc) is 3.44. The maximum absolute atomic E-state index is 14.0. The fourth-order valence-electron chi connectivity index (χ4n) is 4.66. The first-order valence-electron chi connectivity index (χ1n) is 12.0. The van der Waals surface area contributed by atoms with E-state index in [-0.39, 0.29) is 12.2 Å². The maximum Gasteiger partial charge on any atom is 0.338 e. The minimum atomic E-state index is -0.767. The first-order chi connectivity index (χ1) is 18.0. The molecule has 0 radical (unpaired) electrons. The summed E-state index contributed by atoms with van der Waals surface area (Å²) in [5.74, 6) is 0.676. The van der Waals surface area contributed by atoms with E-state index < -0.39 is 12.0 Å². The predicted octanol–water partition coefficient (Wildman–Crippen LogP) is 4.94. The van der Waals surface area contributed by atoms with Gasteiger partial charge in [-0.2, -0.15) is 0 Å². The van der Waals surface area contributed by atoms with Gasteiger partial charge in [0, 0.05) is 11.6 Å². The number of methoxy groups -OCH3 is 1. The highest BCUT2D eigenvalue weighted by atomic mass is 127. The van der Waals surface area contributed by atoms with Gasteiger partial charge >= 0.3 is 5.97 Å². The van der Waals surface area contributed by atoms with Gasteiger partial charge in [-0.25, -0.2) is 9.79 Å². The van der Waals surface area contributed by atoms with Crippen molar-refractivity contribution in [3.63, 3.8) is 0 Å². The molecule has 0 saturated heterocycles. The second-order valence-electron chi connectivity index (χ2n) is 8.46. The smallest absolute Gasteiger partial charge is 0.338 e. The Kier molecular flexibility index (Phi) is 7.34. The summed E-state index contributed by atoms with van der Waals surface area (Å²) >= 11 is 3.37. The molecule has 0 bridgehead atoms. The summed E-state index contributed by atoms with van der Waals surface area (Å²) in [6, 6.07) is 14.6. The van der Waals surface area contributed by atoms with Crippen LogP contribution in [0.1, 0.15) is 44.1 Å². The van der Waals surface area contributed by atoms with Gasteiger partial charge in [-0.05, 0) is 64.9 Å². The molecule has 37 heavy (non-hydrogen) atoms. The molecule has 0 N–H and O–H groups in total. The average molecular weight is 628 g/mol. The van der Waals surface area contributed by atoms with Crippen LogP contribution in [0.3, 0.4) is 0 Å². The van der Waals surface area contributed by atoms with Gasteiger partial charge < -0.3 is 13.9 Å². The Morgan fingerprint density at radius 3 is 2.70 bits per heavy atom. The van der Waals surface area contributed by atoms with E-state index in [2.05, 4.69) is 22.6 Å². The standard InChI is InChI=1S/C28H25IN2O5S/c1-4-8-19-24(27(33)35-5-2)25(23-18-10-7-6-9-16(18)11-13-20(23)34-3)31-26(32)21(37-28(31)30-19)15-17-12-14-22(29)36-17/h6-7,9-15,25H,4-5,8H2,1-3H3/b21-15+. The van der Waals surface area contributed by atoms with Crippen molar-refractivity contribution in [1.29, 1.82) is 0 Å². The van der Waals surface area contributed by atoms with Gasteiger partial charge in [-0.3, -0.25) is 9.36 Å². The number of furan rings is 1. The normalized spacial score (nSPS) is 15.6. The van der Waals surface area contributed by atoms with Crippen molar-refractivity contribution in [1.82, 2.24) is 4.57 Å². The molecule has 9 heteroatoms. The Morgan fingerprint density at radius 2 is 2.00 bits per heavy atom. The molecule has 5 rings (SSSR count). The number of nitrogens with zero attached hydrogens (tertiary/aromatic N) is 2. The lowest BCUT2D eigenvalue weighted by Gasteiger charge is -2.28. The van der Waals surface area contributed by atoms with Crippen LogP contribution in [0.25, 0.3) is 16.8 Å². The molecule has 1 unspecified atom stereocenters. The van der Waals surface area contributed by atoms with Crippen LogP contribution in [-0.2, 0) is 9.53 Å². The molecule has 0 aliphatic carbocycles. The number of ether oxygens (including phenoxy) is 2. The summed E-state index contributed by atoms with van der Waals surface area (Å²) < 4.78 is 19.8. The molecule has 190 valence electrons. The van der Waals surface area contributed by atoms with Gasteiger partial charge in [-0.1, -0.05) is 55.0 Å². The molecule has 0 saturated carbocycles. The third kappa shape index (κ3) is 4.66. The van der Waals surface area contributed by atoms with Crippen LogP contribution in [0.2, 0.25) is 0 Å². The number of aromatic nitrogens is 1. The molecule has 2 aromatic heterocycles. The lowest BCUT2D eigenvalue weighted by Crippen LogP contribution is -2.40. The van der Waals surface area contributed by atoms with Gasteiger partial charge in [0.25, 0.3) is 5.56 Å². The van der Waals surface area contributed by atoms with Crippen molar-refractivity contribution >= 4 is 56.7 Å².